The van der Waals surface area contributed by atoms with Gasteiger partial charge in [-0.05, 0) is 54.4 Å². The maximum absolute atomic E-state index is 13.2. The fraction of sp³-hybridized carbons (Fsp3) is 0.130. The molecule has 0 radical (unpaired) electrons. The van der Waals surface area contributed by atoms with Crippen LogP contribution in [0.3, 0.4) is 0 Å². The van der Waals surface area contributed by atoms with Crippen molar-refractivity contribution in [3.8, 4) is 0 Å². The van der Waals surface area contributed by atoms with E-state index in [-0.39, 0.29) is 11.4 Å². The first-order chi connectivity index (χ1) is 15.2. The summed E-state index contributed by atoms with van der Waals surface area (Å²) in [7, 11) is -3.95. The molecule has 0 aromatic heterocycles. The first-order valence-electron chi connectivity index (χ1n) is 9.63. The molecule has 1 N–H and O–H groups in total. The number of nitrogens with zero attached hydrogens (tertiary/aromatic N) is 2. The molecule has 1 amide bonds. The van der Waals surface area contributed by atoms with Crippen molar-refractivity contribution in [2.75, 3.05) is 6.54 Å². The Morgan fingerprint density at radius 2 is 1.66 bits per heavy atom. The number of sulfonamides is 1. The Morgan fingerprint density at radius 1 is 1.03 bits per heavy atom. The molecule has 0 saturated carbocycles. The second-order valence-electron chi connectivity index (χ2n) is 7.06. The summed E-state index contributed by atoms with van der Waals surface area (Å²) in [6, 6.07) is 20.7. The summed E-state index contributed by atoms with van der Waals surface area (Å²) in [6.45, 7) is 1.60. The molecule has 0 aliphatic rings. The van der Waals surface area contributed by atoms with E-state index in [4.69, 9.17) is 11.6 Å². The van der Waals surface area contributed by atoms with Crippen molar-refractivity contribution in [3.63, 3.8) is 0 Å². The summed E-state index contributed by atoms with van der Waals surface area (Å²) in [4.78, 5) is 12.6. The molecule has 0 fully saturated rings. The van der Waals surface area contributed by atoms with E-state index in [9.17, 15) is 13.2 Å². The SMILES string of the molecule is Cc1ccc(/C=N\NC(=O)CN(Cc2ccc(Br)cc2)S(=O)(=O)c2ccc(Cl)cc2)cc1. The van der Waals surface area contributed by atoms with Gasteiger partial charge in [-0.1, -0.05) is 69.5 Å². The van der Waals surface area contributed by atoms with E-state index in [1.165, 1.54) is 30.5 Å². The van der Waals surface area contributed by atoms with Crippen molar-refractivity contribution in [1.29, 1.82) is 0 Å². The van der Waals surface area contributed by atoms with Crippen LogP contribution in [0.5, 0.6) is 0 Å². The average Bonchev–Trinajstić information content (AvgIpc) is 2.76. The maximum Gasteiger partial charge on any atom is 0.255 e. The Balaban J connectivity index is 1.78. The van der Waals surface area contributed by atoms with Crippen LogP contribution < -0.4 is 5.43 Å². The van der Waals surface area contributed by atoms with Crippen LogP contribution in [0.1, 0.15) is 16.7 Å². The van der Waals surface area contributed by atoms with Crippen molar-refractivity contribution < 1.29 is 13.2 Å². The summed E-state index contributed by atoms with van der Waals surface area (Å²) in [5.41, 5.74) is 5.07. The van der Waals surface area contributed by atoms with E-state index in [1.54, 1.807) is 12.1 Å². The largest absolute Gasteiger partial charge is 0.272 e. The number of carbonyl (C=O) groups is 1. The van der Waals surface area contributed by atoms with Crippen LogP contribution in [-0.4, -0.2) is 31.4 Å². The lowest BCUT2D eigenvalue weighted by Crippen LogP contribution is -2.39. The Morgan fingerprint density at radius 3 is 2.28 bits per heavy atom. The topological polar surface area (TPSA) is 78.8 Å². The van der Waals surface area contributed by atoms with Gasteiger partial charge >= 0.3 is 0 Å². The smallest absolute Gasteiger partial charge is 0.255 e. The number of carbonyl (C=O) groups excluding carboxylic acids is 1. The standard InChI is InChI=1S/C23H21BrClN3O3S/c1-17-2-4-18(5-3-17)14-26-27-23(29)16-28(15-19-6-8-20(24)9-7-19)32(30,31)22-12-10-21(25)11-13-22/h2-14H,15-16H2,1H3,(H,27,29)/b26-14-. The number of rotatable bonds is 8. The van der Waals surface area contributed by atoms with E-state index >= 15 is 0 Å². The Hall–Kier alpha value is -2.52. The maximum atomic E-state index is 13.2. The Kier molecular flexibility index (Phi) is 8.20. The molecule has 0 aliphatic carbocycles. The highest BCUT2D eigenvalue weighted by atomic mass is 79.9. The minimum atomic E-state index is -3.95. The minimum Gasteiger partial charge on any atom is -0.272 e. The molecule has 32 heavy (non-hydrogen) atoms. The first-order valence-corrected chi connectivity index (χ1v) is 12.2. The molecule has 3 rings (SSSR count). The molecule has 9 heteroatoms. The third-order valence-corrected chi connectivity index (χ3v) is 7.11. The van der Waals surface area contributed by atoms with Gasteiger partial charge in [0.2, 0.25) is 10.0 Å². The van der Waals surface area contributed by atoms with Crippen LogP contribution in [0.4, 0.5) is 0 Å². The van der Waals surface area contributed by atoms with Gasteiger partial charge in [0, 0.05) is 16.0 Å². The zero-order valence-electron chi connectivity index (χ0n) is 17.2. The lowest BCUT2D eigenvalue weighted by molar-refractivity contribution is -0.121. The van der Waals surface area contributed by atoms with Gasteiger partial charge in [-0.2, -0.15) is 9.41 Å². The third kappa shape index (κ3) is 6.74. The minimum absolute atomic E-state index is 0.0212. The van der Waals surface area contributed by atoms with Crippen LogP contribution in [0.25, 0.3) is 0 Å². The van der Waals surface area contributed by atoms with Crippen molar-refractivity contribution >= 4 is 49.7 Å². The van der Waals surface area contributed by atoms with E-state index in [1.807, 2.05) is 43.3 Å². The summed E-state index contributed by atoms with van der Waals surface area (Å²) in [5.74, 6) is -0.553. The van der Waals surface area contributed by atoms with Gasteiger partial charge in [0.15, 0.2) is 0 Å². The zero-order valence-corrected chi connectivity index (χ0v) is 20.4. The average molecular weight is 535 g/mol. The lowest BCUT2D eigenvalue weighted by Gasteiger charge is -2.21. The van der Waals surface area contributed by atoms with Gasteiger partial charge in [0.1, 0.15) is 0 Å². The monoisotopic (exact) mass is 533 g/mol. The second-order valence-corrected chi connectivity index (χ2v) is 10.3. The predicted molar refractivity (Wildman–Crippen MR) is 130 cm³/mol. The van der Waals surface area contributed by atoms with Gasteiger partial charge in [0.05, 0.1) is 17.7 Å². The zero-order chi connectivity index (χ0) is 23.1. The third-order valence-electron chi connectivity index (χ3n) is 4.52. The van der Waals surface area contributed by atoms with Crippen molar-refractivity contribution in [3.05, 3.63) is 99.0 Å². The quantitative estimate of drug-likeness (QED) is 0.335. The van der Waals surface area contributed by atoms with Crippen LogP contribution in [-0.2, 0) is 21.4 Å². The molecule has 0 saturated heterocycles. The summed E-state index contributed by atoms with van der Waals surface area (Å²) in [5, 5.41) is 4.36. The van der Waals surface area contributed by atoms with E-state index in [0.29, 0.717) is 5.02 Å². The van der Waals surface area contributed by atoms with Gasteiger partial charge < -0.3 is 0 Å². The number of amides is 1. The number of aryl methyl sites for hydroxylation is 1. The van der Waals surface area contributed by atoms with Gasteiger partial charge in [-0.25, -0.2) is 13.8 Å². The molecule has 0 atom stereocenters. The summed E-state index contributed by atoms with van der Waals surface area (Å²) in [6.07, 6.45) is 1.50. The lowest BCUT2D eigenvalue weighted by atomic mass is 10.2. The molecule has 0 spiro atoms. The number of halogens is 2. The summed E-state index contributed by atoms with van der Waals surface area (Å²) >= 11 is 9.26. The number of hydrogen-bond donors (Lipinski definition) is 1. The van der Waals surface area contributed by atoms with Crippen molar-refractivity contribution in [2.45, 2.75) is 18.4 Å². The summed E-state index contributed by atoms with van der Waals surface area (Å²) < 4.78 is 28.4. The van der Waals surface area contributed by atoms with E-state index < -0.39 is 22.5 Å². The predicted octanol–water partition coefficient (Wildman–Crippen LogP) is 4.75. The van der Waals surface area contributed by atoms with Crippen molar-refractivity contribution in [2.24, 2.45) is 5.10 Å². The molecule has 0 aliphatic heterocycles. The fourth-order valence-electron chi connectivity index (χ4n) is 2.80. The van der Waals surface area contributed by atoms with E-state index in [2.05, 4.69) is 26.5 Å². The molecule has 3 aromatic rings. The number of hydrogen-bond acceptors (Lipinski definition) is 4. The van der Waals surface area contributed by atoms with Gasteiger partial charge in [0.25, 0.3) is 5.91 Å². The molecule has 0 unspecified atom stereocenters. The number of hydrazone groups is 1. The van der Waals surface area contributed by atoms with Crippen LogP contribution in [0.2, 0.25) is 5.02 Å². The molecule has 3 aromatic carbocycles. The number of nitrogens with one attached hydrogen (secondary N) is 1. The highest BCUT2D eigenvalue weighted by Gasteiger charge is 2.27. The van der Waals surface area contributed by atoms with E-state index in [0.717, 1.165) is 25.5 Å². The Labute approximate surface area is 201 Å². The molecular weight excluding hydrogens is 514 g/mol. The molecule has 0 heterocycles. The molecule has 0 bridgehead atoms. The van der Waals surface area contributed by atoms with Gasteiger partial charge in [-0.15, -0.1) is 0 Å². The van der Waals surface area contributed by atoms with Crippen LogP contribution in [0.15, 0.2) is 87.3 Å². The Bertz CT molecular complexity index is 1200. The number of benzene rings is 3. The molecular formula is C23H21BrClN3O3S. The van der Waals surface area contributed by atoms with Crippen LogP contribution >= 0.6 is 27.5 Å². The second kappa shape index (κ2) is 10.9. The molecule has 6 nitrogen and oxygen atoms in total. The normalized spacial score (nSPS) is 11.8. The highest BCUT2D eigenvalue weighted by Crippen LogP contribution is 2.21. The first kappa shape index (κ1) is 24.1. The van der Waals surface area contributed by atoms with Crippen molar-refractivity contribution in [1.82, 2.24) is 9.73 Å². The molecule has 166 valence electrons. The van der Waals surface area contributed by atoms with Gasteiger partial charge in [-0.3, -0.25) is 4.79 Å². The highest BCUT2D eigenvalue weighted by molar-refractivity contribution is 9.10. The van der Waals surface area contributed by atoms with Crippen LogP contribution in [0, 0.1) is 6.92 Å². The fourth-order valence-corrected chi connectivity index (χ4v) is 4.58.